The third-order valence-corrected chi connectivity index (χ3v) is 6.30. The number of rotatable bonds is 6. The van der Waals surface area contributed by atoms with Crippen LogP contribution < -0.4 is 5.32 Å². The van der Waals surface area contributed by atoms with E-state index in [-0.39, 0.29) is 21.2 Å². The Balaban J connectivity index is 2.19. The van der Waals surface area contributed by atoms with Crippen LogP contribution in [0.15, 0.2) is 40.7 Å². The van der Waals surface area contributed by atoms with Gasteiger partial charge in [-0.2, -0.15) is 0 Å². The number of esters is 1. The summed E-state index contributed by atoms with van der Waals surface area (Å²) < 4.78 is 11.3. The zero-order valence-electron chi connectivity index (χ0n) is 17.2. The van der Waals surface area contributed by atoms with Gasteiger partial charge < -0.3 is 19.9 Å². The van der Waals surface area contributed by atoms with E-state index < -0.39 is 23.6 Å². The number of carbonyl (C=O) groups excluding carboxylic acids is 1. The van der Waals surface area contributed by atoms with Crippen molar-refractivity contribution in [3.63, 3.8) is 0 Å². The maximum Gasteiger partial charge on any atom is 0.339 e. The number of halogens is 2. The molecule has 8 heteroatoms. The van der Waals surface area contributed by atoms with E-state index >= 15 is 0 Å². The Hall–Kier alpha value is -2.02. The standard InChI is InChI=1S/C22H25Cl2NO5/c1-4-14-17(20(26)27)16(12-8-6-9-13(23)19(12)24)18(15(5-2)25-14)21(28)30-22(3)10-7-11-29-22/h6,8-9,16,25H,4-5,7,10-11H2,1-3H3,(H,26,27). The predicted molar refractivity (Wildman–Crippen MR) is 114 cm³/mol. The highest BCUT2D eigenvalue weighted by Gasteiger charge is 2.42. The van der Waals surface area contributed by atoms with Crippen LogP contribution in [-0.2, 0) is 19.1 Å². The molecule has 0 bridgehead atoms. The first-order valence-corrected chi connectivity index (χ1v) is 10.8. The molecule has 1 aromatic carbocycles. The normalized spacial score (nSPS) is 24.1. The number of allylic oxidation sites excluding steroid dienone is 2. The lowest BCUT2D eigenvalue weighted by Gasteiger charge is -2.33. The highest BCUT2D eigenvalue weighted by atomic mass is 35.5. The monoisotopic (exact) mass is 453 g/mol. The Morgan fingerprint density at radius 2 is 1.90 bits per heavy atom. The Kier molecular flexibility index (Phi) is 6.80. The van der Waals surface area contributed by atoms with Crippen LogP contribution in [0.5, 0.6) is 0 Å². The lowest BCUT2D eigenvalue weighted by Crippen LogP contribution is -2.37. The van der Waals surface area contributed by atoms with Crippen LogP contribution in [-0.4, -0.2) is 29.4 Å². The molecule has 0 aliphatic carbocycles. The summed E-state index contributed by atoms with van der Waals surface area (Å²) in [5.74, 6) is -3.72. The maximum atomic E-state index is 13.4. The number of dihydropyridines is 1. The molecule has 1 aromatic rings. The van der Waals surface area contributed by atoms with Gasteiger partial charge in [0.2, 0.25) is 5.79 Å². The summed E-state index contributed by atoms with van der Waals surface area (Å²) in [6.07, 6.45) is 2.28. The number of carboxylic acids is 1. The van der Waals surface area contributed by atoms with Gasteiger partial charge in [0.15, 0.2) is 0 Å². The number of ether oxygens (including phenoxy) is 2. The molecule has 0 spiro atoms. The number of nitrogens with one attached hydrogen (secondary N) is 1. The van der Waals surface area contributed by atoms with Crippen molar-refractivity contribution in [3.05, 3.63) is 56.3 Å². The van der Waals surface area contributed by atoms with Crippen molar-refractivity contribution in [3.8, 4) is 0 Å². The molecule has 2 heterocycles. The molecule has 2 N–H and O–H groups in total. The fraction of sp³-hybridized carbons (Fsp3) is 0.455. The van der Waals surface area contributed by atoms with Crippen LogP contribution in [0.2, 0.25) is 10.0 Å². The Labute approximate surface area is 185 Å². The average molecular weight is 454 g/mol. The molecule has 162 valence electrons. The average Bonchev–Trinajstić information content (AvgIpc) is 3.13. The summed E-state index contributed by atoms with van der Waals surface area (Å²) in [6.45, 7) is 5.96. The molecule has 3 rings (SSSR count). The van der Waals surface area contributed by atoms with Crippen molar-refractivity contribution in [2.45, 2.75) is 58.2 Å². The van der Waals surface area contributed by atoms with E-state index in [1.165, 1.54) is 0 Å². The van der Waals surface area contributed by atoms with Crippen LogP contribution in [0.4, 0.5) is 0 Å². The summed E-state index contributed by atoms with van der Waals surface area (Å²) in [7, 11) is 0. The minimum absolute atomic E-state index is 0.0586. The van der Waals surface area contributed by atoms with Gasteiger partial charge >= 0.3 is 11.9 Å². The lowest BCUT2D eigenvalue weighted by molar-refractivity contribution is -0.202. The fourth-order valence-electron chi connectivity index (χ4n) is 4.00. The second-order valence-corrected chi connectivity index (χ2v) is 8.26. The highest BCUT2D eigenvalue weighted by molar-refractivity contribution is 6.42. The van der Waals surface area contributed by atoms with Crippen LogP contribution in [0.25, 0.3) is 0 Å². The first kappa shape index (κ1) is 22.7. The van der Waals surface area contributed by atoms with E-state index in [1.807, 2.05) is 13.8 Å². The summed E-state index contributed by atoms with van der Waals surface area (Å²) in [5.41, 5.74) is 1.85. The van der Waals surface area contributed by atoms with Crippen molar-refractivity contribution in [1.82, 2.24) is 5.32 Å². The topological polar surface area (TPSA) is 84.9 Å². The first-order chi connectivity index (χ1) is 14.2. The van der Waals surface area contributed by atoms with Gasteiger partial charge in [-0.15, -0.1) is 0 Å². The molecule has 0 amide bonds. The summed E-state index contributed by atoms with van der Waals surface area (Å²) in [4.78, 5) is 25.7. The minimum Gasteiger partial charge on any atom is -0.478 e. The molecule has 2 unspecified atom stereocenters. The molecule has 2 aliphatic rings. The van der Waals surface area contributed by atoms with Gasteiger partial charge in [-0.1, -0.05) is 49.2 Å². The zero-order chi connectivity index (χ0) is 22.1. The molecular formula is C22H25Cl2NO5. The van der Waals surface area contributed by atoms with Gasteiger partial charge in [-0.05, 0) is 30.9 Å². The molecule has 1 fully saturated rings. The number of benzene rings is 1. The van der Waals surface area contributed by atoms with E-state index in [2.05, 4.69) is 5.32 Å². The van der Waals surface area contributed by atoms with E-state index in [1.54, 1.807) is 25.1 Å². The second kappa shape index (κ2) is 9.00. The van der Waals surface area contributed by atoms with Gasteiger partial charge in [0.25, 0.3) is 0 Å². The van der Waals surface area contributed by atoms with E-state index in [9.17, 15) is 14.7 Å². The number of hydrogen-bond donors (Lipinski definition) is 2. The van der Waals surface area contributed by atoms with Gasteiger partial charge in [0, 0.05) is 24.7 Å². The molecule has 0 saturated carbocycles. The fourth-order valence-corrected chi connectivity index (χ4v) is 4.42. The van der Waals surface area contributed by atoms with Gasteiger partial charge in [-0.25, -0.2) is 9.59 Å². The predicted octanol–water partition coefficient (Wildman–Crippen LogP) is 5.16. The van der Waals surface area contributed by atoms with Crippen LogP contribution in [0.3, 0.4) is 0 Å². The zero-order valence-corrected chi connectivity index (χ0v) is 18.7. The Morgan fingerprint density at radius 1 is 1.23 bits per heavy atom. The van der Waals surface area contributed by atoms with Crippen molar-refractivity contribution in [2.75, 3.05) is 6.61 Å². The van der Waals surface area contributed by atoms with E-state index in [4.69, 9.17) is 32.7 Å². The molecule has 6 nitrogen and oxygen atoms in total. The molecule has 2 atom stereocenters. The smallest absolute Gasteiger partial charge is 0.339 e. The van der Waals surface area contributed by atoms with Gasteiger partial charge in [0.1, 0.15) is 0 Å². The number of carboxylic acid groups (broad SMARTS) is 1. The number of aliphatic carboxylic acids is 1. The Bertz CT molecular complexity index is 931. The number of hydrogen-bond acceptors (Lipinski definition) is 5. The maximum absolute atomic E-state index is 13.4. The largest absolute Gasteiger partial charge is 0.478 e. The van der Waals surface area contributed by atoms with Crippen LogP contribution in [0, 0.1) is 0 Å². The second-order valence-electron chi connectivity index (χ2n) is 7.47. The first-order valence-electron chi connectivity index (χ1n) is 10.00. The molecule has 0 radical (unpaired) electrons. The van der Waals surface area contributed by atoms with Gasteiger partial charge in [0.05, 0.1) is 33.7 Å². The third kappa shape index (κ3) is 4.22. The SMILES string of the molecule is CCC1=C(C(=O)O)C(c2cccc(Cl)c2Cl)C(C(=O)OC2(C)CCCO2)=C(CC)N1. The Morgan fingerprint density at radius 3 is 2.47 bits per heavy atom. The van der Waals surface area contributed by atoms with Crippen molar-refractivity contribution >= 4 is 35.1 Å². The summed E-state index contributed by atoms with van der Waals surface area (Å²) in [5, 5.41) is 13.7. The van der Waals surface area contributed by atoms with Crippen molar-refractivity contribution in [1.29, 1.82) is 0 Å². The number of carbonyl (C=O) groups is 2. The van der Waals surface area contributed by atoms with Crippen molar-refractivity contribution < 1.29 is 24.2 Å². The summed E-state index contributed by atoms with van der Waals surface area (Å²) >= 11 is 12.7. The molecule has 0 aromatic heterocycles. The third-order valence-electron chi connectivity index (χ3n) is 5.47. The highest BCUT2D eigenvalue weighted by Crippen LogP contribution is 2.45. The van der Waals surface area contributed by atoms with Crippen LogP contribution >= 0.6 is 23.2 Å². The lowest BCUT2D eigenvalue weighted by atomic mass is 9.79. The molecule has 1 saturated heterocycles. The summed E-state index contributed by atoms with van der Waals surface area (Å²) in [6, 6.07) is 5.00. The molecular weight excluding hydrogens is 429 g/mol. The van der Waals surface area contributed by atoms with Crippen molar-refractivity contribution in [2.24, 2.45) is 0 Å². The minimum atomic E-state index is -1.14. The molecule has 30 heavy (non-hydrogen) atoms. The van der Waals surface area contributed by atoms with E-state index in [0.29, 0.717) is 42.8 Å². The van der Waals surface area contributed by atoms with E-state index in [0.717, 1.165) is 6.42 Å². The quantitative estimate of drug-likeness (QED) is 0.578. The van der Waals surface area contributed by atoms with Gasteiger partial charge in [-0.3, -0.25) is 0 Å². The van der Waals surface area contributed by atoms with Crippen LogP contribution in [0.1, 0.15) is 57.9 Å². The molecule has 2 aliphatic heterocycles.